The summed E-state index contributed by atoms with van der Waals surface area (Å²) in [5.74, 6) is -1.48. The number of halogens is 3. The standard InChI is InChI=1S/C8H6ClF2NO3/c9-5-3-12-6(15-8(10)11)1-4(5)2-7(13)14/h1,3,8H,2H2,(H,13,14). The number of carboxylic acids is 1. The summed E-state index contributed by atoms with van der Waals surface area (Å²) in [5.41, 5.74) is 0.176. The van der Waals surface area contributed by atoms with Crippen LogP contribution >= 0.6 is 11.6 Å². The van der Waals surface area contributed by atoms with Gasteiger partial charge >= 0.3 is 12.6 Å². The molecule has 1 N–H and O–H groups in total. The van der Waals surface area contributed by atoms with Crippen LogP contribution in [-0.2, 0) is 11.2 Å². The van der Waals surface area contributed by atoms with Crippen LogP contribution in [0.2, 0.25) is 5.02 Å². The average molecular weight is 238 g/mol. The van der Waals surface area contributed by atoms with Gasteiger partial charge in [0.2, 0.25) is 5.88 Å². The summed E-state index contributed by atoms with van der Waals surface area (Å²) in [4.78, 5) is 13.8. The molecule has 0 aliphatic rings. The Morgan fingerprint density at radius 1 is 1.67 bits per heavy atom. The van der Waals surface area contributed by atoms with Gasteiger partial charge in [-0.3, -0.25) is 4.79 Å². The third-order valence-electron chi connectivity index (χ3n) is 1.46. The van der Waals surface area contributed by atoms with Crippen LogP contribution in [0.4, 0.5) is 8.78 Å². The van der Waals surface area contributed by atoms with Crippen molar-refractivity contribution in [3.8, 4) is 5.88 Å². The van der Waals surface area contributed by atoms with Gasteiger partial charge in [-0.1, -0.05) is 11.6 Å². The highest BCUT2D eigenvalue weighted by molar-refractivity contribution is 6.31. The number of ether oxygens (including phenoxy) is 1. The van der Waals surface area contributed by atoms with Gasteiger partial charge < -0.3 is 9.84 Å². The first kappa shape index (κ1) is 11.6. The lowest BCUT2D eigenvalue weighted by atomic mass is 10.2. The molecular formula is C8H6ClF2NO3. The molecule has 1 rings (SSSR count). The van der Waals surface area contributed by atoms with E-state index in [1.54, 1.807) is 0 Å². The van der Waals surface area contributed by atoms with E-state index in [2.05, 4.69) is 9.72 Å². The minimum atomic E-state index is -3.00. The number of nitrogens with zero attached hydrogens (tertiary/aromatic N) is 1. The lowest BCUT2D eigenvalue weighted by Crippen LogP contribution is -2.06. The van der Waals surface area contributed by atoms with E-state index in [1.165, 1.54) is 0 Å². The van der Waals surface area contributed by atoms with E-state index in [4.69, 9.17) is 16.7 Å². The van der Waals surface area contributed by atoms with Crippen LogP contribution in [0.25, 0.3) is 0 Å². The molecule has 0 saturated carbocycles. The van der Waals surface area contributed by atoms with Crippen molar-refractivity contribution >= 4 is 17.6 Å². The fraction of sp³-hybridized carbons (Fsp3) is 0.250. The number of hydrogen-bond donors (Lipinski definition) is 1. The second kappa shape index (κ2) is 4.88. The number of carboxylic acid groups (broad SMARTS) is 1. The van der Waals surface area contributed by atoms with E-state index in [9.17, 15) is 13.6 Å². The van der Waals surface area contributed by atoms with Crippen LogP contribution < -0.4 is 4.74 Å². The van der Waals surface area contributed by atoms with Gasteiger partial charge in [0.1, 0.15) is 0 Å². The van der Waals surface area contributed by atoms with Gasteiger partial charge in [0, 0.05) is 12.3 Å². The first-order chi connectivity index (χ1) is 6.99. The summed E-state index contributed by atoms with van der Waals surface area (Å²) in [7, 11) is 0. The molecule has 1 aromatic rings. The topological polar surface area (TPSA) is 59.4 Å². The molecule has 0 spiro atoms. The third-order valence-corrected chi connectivity index (χ3v) is 1.80. The normalized spacial score (nSPS) is 10.4. The second-order valence-corrected chi connectivity index (χ2v) is 2.97. The maximum atomic E-state index is 11.8. The minimum Gasteiger partial charge on any atom is -0.481 e. The third kappa shape index (κ3) is 3.67. The Labute approximate surface area is 88.4 Å². The molecule has 0 unspecified atom stereocenters. The molecule has 1 aromatic heterocycles. The Balaban J connectivity index is 2.89. The zero-order valence-electron chi connectivity index (χ0n) is 7.28. The molecular weight excluding hydrogens is 232 g/mol. The van der Waals surface area contributed by atoms with Crippen LogP contribution in [-0.4, -0.2) is 22.7 Å². The lowest BCUT2D eigenvalue weighted by Gasteiger charge is -2.05. The molecule has 0 aliphatic carbocycles. The first-order valence-electron chi connectivity index (χ1n) is 3.80. The zero-order valence-corrected chi connectivity index (χ0v) is 8.04. The highest BCUT2D eigenvalue weighted by atomic mass is 35.5. The molecule has 0 amide bonds. The molecule has 0 bridgehead atoms. The lowest BCUT2D eigenvalue weighted by molar-refractivity contribution is -0.136. The predicted octanol–water partition coefficient (Wildman–Crippen LogP) is 1.96. The Morgan fingerprint density at radius 2 is 2.33 bits per heavy atom. The Bertz CT molecular complexity index is 373. The van der Waals surface area contributed by atoms with Crippen LogP contribution in [0.15, 0.2) is 12.3 Å². The van der Waals surface area contributed by atoms with Crippen molar-refractivity contribution in [2.45, 2.75) is 13.0 Å². The van der Waals surface area contributed by atoms with E-state index in [0.29, 0.717) is 0 Å². The van der Waals surface area contributed by atoms with Crippen molar-refractivity contribution in [3.63, 3.8) is 0 Å². The molecule has 0 aromatic carbocycles. The van der Waals surface area contributed by atoms with Crippen molar-refractivity contribution < 1.29 is 23.4 Å². The fourth-order valence-electron chi connectivity index (χ4n) is 0.913. The molecule has 0 fully saturated rings. The fourth-order valence-corrected chi connectivity index (χ4v) is 1.08. The van der Waals surface area contributed by atoms with Crippen molar-refractivity contribution in [1.29, 1.82) is 0 Å². The summed E-state index contributed by atoms with van der Waals surface area (Å²) < 4.78 is 27.6. The van der Waals surface area contributed by atoms with E-state index in [1.807, 2.05) is 0 Å². The molecule has 0 radical (unpaired) electrons. The summed E-state index contributed by atoms with van der Waals surface area (Å²) in [6.45, 7) is -3.00. The monoisotopic (exact) mass is 237 g/mol. The van der Waals surface area contributed by atoms with Crippen molar-refractivity contribution in [2.75, 3.05) is 0 Å². The number of carbonyl (C=O) groups is 1. The van der Waals surface area contributed by atoms with Gasteiger partial charge in [-0.2, -0.15) is 8.78 Å². The largest absolute Gasteiger partial charge is 0.481 e. The van der Waals surface area contributed by atoms with Crippen molar-refractivity contribution in [2.24, 2.45) is 0 Å². The predicted molar refractivity (Wildman–Crippen MR) is 47.2 cm³/mol. The highest BCUT2D eigenvalue weighted by Crippen LogP contribution is 2.20. The summed E-state index contributed by atoms with van der Waals surface area (Å²) in [6.07, 6.45) is 0.693. The SMILES string of the molecule is O=C(O)Cc1cc(OC(F)F)ncc1Cl. The molecule has 15 heavy (non-hydrogen) atoms. The molecule has 7 heteroatoms. The number of aromatic nitrogens is 1. The molecule has 0 saturated heterocycles. The number of hydrogen-bond acceptors (Lipinski definition) is 3. The number of aliphatic carboxylic acids is 1. The van der Waals surface area contributed by atoms with Crippen LogP contribution in [0.5, 0.6) is 5.88 Å². The molecule has 0 aliphatic heterocycles. The Morgan fingerprint density at radius 3 is 2.87 bits per heavy atom. The van der Waals surface area contributed by atoms with Crippen molar-refractivity contribution in [3.05, 3.63) is 22.8 Å². The second-order valence-electron chi connectivity index (χ2n) is 2.56. The highest BCUT2D eigenvalue weighted by Gasteiger charge is 2.11. The van der Waals surface area contributed by atoms with Gasteiger partial charge in [-0.05, 0) is 5.56 Å². The van der Waals surface area contributed by atoms with Crippen LogP contribution in [0.1, 0.15) is 5.56 Å². The number of alkyl halides is 2. The Hall–Kier alpha value is -1.43. The maximum Gasteiger partial charge on any atom is 0.388 e. The van der Waals surface area contributed by atoms with Gasteiger partial charge in [0.25, 0.3) is 0 Å². The smallest absolute Gasteiger partial charge is 0.388 e. The van der Waals surface area contributed by atoms with Gasteiger partial charge in [0.15, 0.2) is 0 Å². The van der Waals surface area contributed by atoms with Gasteiger partial charge in [-0.15, -0.1) is 0 Å². The van der Waals surface area contributed by atoms with Crippen molar-refractivity contribution in [1.82, 2.24) is 4.98 Å². The Kier molecular flexibility index (Phi) is 3.79. The van der Waals surface area contributed by atoms with E-state index < -0.39 is 12.6 Å². The van der Waals surface area contributed by atoms with E-state index >= 15 is 0 Å². The summed E-state index contributed by atoms with van der Waals surface area (Å²) >= 11 is 5.61. The van der Waals surface area contributed by atoms with Gasteiger partial charge in [0.05, 0.1) is 11.4 Å². The van der Waals surface area contributed by atoms with Gasteiger partial charge in [-0.25, -0.2) is 4.98 Å². The van der Waals surface area contributed by atoms with Crippen LogP contribution in [0.3, 0.4) is 0 Å². The first-order valence-corrected chi connectivity index (χ1v) is 4.18. The molecule has 0 atom stereocenters. The average Bonchev–Trinajstić information content (AvgIpc) is 2.09. The van der Waals surface area contributed by atoms with E-state index in [0.717, 1.165) is 12.3 Å². The quantitative estimate of drug-likeness (QED) is 0.870. The summed E-state index contributed by atoms with van der Waals surface area (Å²) in [5, 5.41) is 8.59. The number of rotatable bonds is 4. The zero-order chi connectivity index (χ0) is 11.4. The van der Waals surface area contributed by atoms with E-state index in [-0.39, 0.29) is 22.9 Å². The number of pyridine rings is 1. The molecule has 82 valence electrons. The molecule has 1 heterocycles. The minimum absolute atomic E-state index is 0.0963. The van der Waals surface area contributed by atoms with Crippen LogP contribution in [0, 0.1) is 0 Å². The maximum absolute atomic E-state index is 11.8. The molecule has 4 nitrogen and oxygen atoms in total. The summed E-state index contributed by atoms with van der Waals surface area (Å²) in [6, 6.07) is 1.07.